The third-order valence-corrected chi connectivity index (χ3v) is 1.36. The topological polar surface area (TPSA) is 49.7 Å². The van der Waals surface area contributed by atoms with E-state index in [9.17, 15) is 5.11 Å². The summed E-state index contributed by atoms with van der Waals surface area (Å²) in [5.74, 6) is 0. The van der Waals surface area contributed by atoms with Crippen LogP contribution >= 0.6 is 0 Å². The smallest absolute Gasteiger partial charge is 0.0871 e. The molecule has 0 aliphatic heterocycles. The van der Waals surface area contributed by atoms with Gasteiger partial charge in [-0.15, -0.1) is 6.58 Å². The summed E-state index contributed by atoms with van der Waals surface area (Å²) >= 11 is 0. The van der Waals surface area contributed by atoms with Gasteiger partial charge in [0.25, 0.3) is 0 Å². The Morgan fingerprint density at radius 2 is 2.27 bits per heavy atom. The van der Waals surface area contributed by atoms with E-state index in [0.29, 0.717) is 19.6 Å². The maximum Gasteiger partial charge on any atom is 0.0871 e. The molecule has 0 rings (SSSR count). The quantitative estimate of drug-likeness (QED) is 0.434. The summed E-state index contributed by atoms with van der Waals surface area (Å²) < 4.78 is 5.03. The molecule has 66 valence electrons. The van der Waals surface area contributed by atoms with Crippen LogP contribution in [0.25, 0.3) is 0 Å². The number of aliphatic hydroxyl groups excluding tert-OH is 1. The lowest BCUT2D eigenvalue weighted by molar-refractivity contribution is -0.0240. The Kier molecular flexibility index (Phi) is 5.11. The predicted molar refractivity (Wildman–Crippen MR) is 43.3 cm³/mol. The second-order valence-electron chi connectivity index (χ2n) is 2.77. The molecule has 0 fully saturated rings. The molecule has 0 aromatic carbocycles. The molecular weight excluding hydrogens is 144 g/mol. The minimum atomic E-state index is -1.01. The van der Waals surface area contributed by atoms with Crippen molar-refractivity contribution in [2.24, 2.45) is 0 Å². The molecule has 0 unspecified atom stereocenters. The van der Waals surface area contributed by atoms with Crippen molar-refractivity contribution in [1.82, 2.24) is 0 Å². The number of hydrogen-bond acceptors (Lipinski definition) is 3. The van der Waals surface area contributed by atoms with Crippen molar-refractivity contribution in [2.45, 2.75) is 18.9 Å². The van der Waals surface area contributed by atoms with Gasteiger partial charge < -0.3 is 14.9 Å². The van der Waals surface area contributed by atoms with Gasteiger partial charge in [0, 0.05) is 13.0 Å². The Hall–Kier alpha value is -0.380. The lowest BCUT2D eigenvalue weighted by Gasteiger charge is -2.19. The molecule has 0 aromatic rings. The molecule has 2 N–H and O–H groups in total. The van der Waals surface area contributed by atoms with E-state index in [-0.39, 0.29) is 6.61 Å². The van der Waals surface area contributed by atoms with Gasteiger partial charge in [-0.2, -0.15) is 0 Å². The largest absolute Gasteiger partial charge is 0.393 e. The van der Waals surface area contributed by atoms with Crippen LogP contribution in [0.15, 0.2) is 12.7 Å². The Bertz CT molecular complexity index is 110. The average molecular weight is 160 g/mol. The minimum Gasteiger partial charge on any atom is -0.393 e. The van der Waals surface area contributed by atoms with Gasteiger partial charge >= 0.3 is 0 Å². The highest BCUT2D eigenvalue weighted by atomic mass is 16.5. The van der Waals surface area contributed by atoms with Crippen molar-refractivity contribution in [1.29, 1.82) is 0 Å². The van der Waals surface area contributed by atoms with Crippen molar-refractivity contribution in [3.05, 3.63) is 12.7 Å². The van der Waals surface area contributed by atoms with Crippen LogP contribution < -0.4 is 0 Å². The first-order valence-electron chi connectivity index (χ1n) is 3.64. The summed E-state index contributed by atoms with van der Waals surface area (Å²) in [4.78, 5) is 0. The van der Waals surface area contributed by atoms with Crippen molar-refractivity contribution in [3.8, 4) is 0 Å². The first-order valence-corrected chi connectivity index (χ1v) is 3.64. The van der Waals surface area contributed by atoms with E-state index in [1.807, 2.05) is 0 Å². The van der Waals surface area contributed by atoms with E-state index in [2.05, 4.69) is 6.58 Å². The molecule has 0 saturated carbocycles. The van der Waals surface area contributed by atoms with Crippen molar-refractivity contribution >= 4 is 0 Å². The molecule has 0 amide bonds. The highest BCUT2D eigenvalue weighted by molar-refractivity contribution is 4.70. The van der Waals surface area contributed by atoms with Crippen LogP contribution in [0, 0.1) is 0 Å². The summed E-state index contributed by atoms with van der Waals surface area (Å²) in [6.45, 7) is 5.75. The molecular formula is C8H16O3. The highest BCUT2D eigenvalue weighted by Gasteiger charge is 2.17. The van der Waals surface area contributed by atoms with Gasteiger partial charge in [-0.3, -0.25) is 0 Å². The van der Waals surface area contributed by atoms with Gasteiger partial charge in [0.05, 0.1) is 18.8 Å². The van der Waals surface area contributed by atoms with E-state index in [4.69, 9.17) is 9.84 Å². The zero-order valence-corrected chi connectivity index (χ0v) is 6.92. The van der Waals surface area contributed by atoms with Crippen molar-refractivity contribution in [3.63, 3.8) is 0 Å². The zero-order valence-electron chi connectivity index (χ0n) is 6.92. The molecule has 3 heteroatoms. The maximum absolute atomic E-state index is 9.27. The summed E-state index contributed by atoms with van der Waals surface area (Å²) in [7, 11) is 0. The van der Waals surface area contributed by atoms with Crippen LogP contribution in [0.4, 0.5) is 0 Å². The molecule has 0 aromatic heterocycles. The summed E-state index contributed by atoms with van der Waals surface area (Å²) in [6.07, 6.45) is 2.09. The Morgan fingerprint density at radius 3 is 2.73 bits per heavy atom. The first kappa shape index (κ1) is 10.6. The van der Waals surface area contributed by atoms with Gasteiger partial charge in [0.15, 0.2) is 0 Å². The number of rotatable bonds is 6. The lowest BCUT2D eigenvalue weighted by Crippen LogP contribution is -2.30. The fourth-order valence-electron chi connectivity index (χ4n) is 0.538. The van der Waals surface area contributed by atoms with E-state index < -0.39 is 5.60 Å². The lowest BCUT2D eigenvalue weighted by atomic mass is 10.1. The number of ether oxygens (including phenoxy) is 1. The Morgan fingerprint density at radius 1 is 1.64 bits per heavy atom. The van der Waals surface area contributed by atoms with Gasteiger partial charge in [-0.1, -0.05) is 6.08 Å². The summed E-state index contributed by atoms with van der Waals surface area (Å²) in [5, 5.41) is 17.9. The molecule has 0 bridgehead atoms. The van der Waals surface area contributed by atoms with Gasteiger partial charge in [-0.25, -0.2) is 0 Å². The second kappa shape index (κ2) is 5.29. The molecule has 1 atom stereocenters. The molecule has 0 saturated heterocycles. The highest BCUT2D eigenvalue weighted by Crippen LogP contribution is 2.06. The van der Waals surface area contributed by atoms with Crippen molar-refractivity contribution in [2.75, 3.05) is 19.8 Å². The van der Waals surface area contributed by atoms with Crippen LogP contribution in [0.5, 0.6) is 0 Å². The fraction of sp³-hybridized carbons (Fsp3) is 0.750. The van der Waals surface area contributed by atoms with E-state index in [0.717, 1.165) is 0 Å². The van der Waals surface area contributed by atoms with E-state index in [1.54, 1.807) is 13.0 Å². The average Bonchev–Trinajstić information content (AvgIpc) is 1.99. The molecule has 11 heavy (non-hydrogen) atoms. The Balaban J connectivity index is 3.29. The number of hydrogen-bond donors (Lipinski definition) is 2. The summed E-state index contributed by atoms with van der Waals surface area (Å²) in [6, 6.07) is 0. The maximum atomic E-state index is 9.27. The third kappa shape index (κ3) is 6.04. The molecule has 0 aliphatic rings. The van der Waals surface area contributed by atoms with E-state index in [1.165, 1.54) is 0 Å². The predicted octanol–water partition coefficient (Wildman–Crippen LogP) is 0.322. The summed E-state index contributed by atoms with van der Waals surface area (Å²) in [5.41, 5.74) is -1.01. The molecule has 0 aliphatic carbocycles. The van der Waals surface area contributed by atoms with Crippen molar-refractivity contribution < 1.29 is 14.9 Å². The molecule has 0 radical (unpaired) electrons. The van der Waals surface area contributed by atoms with Crippen LogP contribution in [0.3, 0.4) is 0 Å². The number of aliphatic hydroxyl groups is 2. The molecule has 0 heterocycles. The normalized spacial score (nSPS) is 15.9. The fourth-order valence-corrected chi connectivity index (χ4v) is 0.538. The minimum absolute atomic E-state index is 0.232. The standard InChI is InChI=1S/C8H16O3/c1-3-5-11-6-4-8(2,10)7-9/h3,9-10H,1,4-7H2,2H3/t8-/m0/s1. The van der Waals surface area contributed by atoms with Crippen LogP contribution in [0.2, 0.25) is 0 Å². The second-order valence-corrected chi connectivity index (χ2v) is 2.77. The molecule has 0 spiro atoms. The Labute approximate surface area is 67.3 Å². The SMILES string of the molecule is C=CCOCC[C@](C)(O)CO. The molecule has 3 nitrogen and oxygen atoms in total. The van der Waals surface area contributed by atoms with Crippen LogP contribution in [-0.4, -0.2) is 35.6 Å². The van der Waals surface area contributed by atoms with E-state index >= 15 is 0 Å². The van der Waals surface area contributed by atoms with Gasteiger partial charge in [0.1, 0.15) is 0 Å². The van der Waals surface area contributed by atoms with Crippen LogP contribution in [0.1, 0.15) is 13.3 Å². The monoisotopic (exact) mass is 160 g/mol. The van der Waals surface area contributed by atoms with Gasteiger partial charge in [-0.05, 0) is 6.92 Å². The van der Waals surface area contributed by atoms with Gasteiger partial charge in [0.2, 0.25) is 0 Å². The first-order chi connectivity index (χ1) is 5.12. The van der Waals surface area contributed by atoms with Crippen LogP contribution in [-0.2, 0) is 4.74 Å². The third-order valence-electron chi connectivity index (χ3n) is 1.36. The zero-order chi connectivity index (χ0) is 8.74.